The lowest BCUT2D eigenvalue weighted by atomic mass is 9.93. The monoisotopic (exact) mass is 466 g/mol. The molecule has 2 bridgehead atoms. The number of nitrogens with two attached hydrogens (primary N) is 1. The molecule has 3 aromatic rings. The van der Waals surface area contributed by atoms with Crippen LogP contribution >= 0.6 is 11.6 Å². The van der Waals surface area contributed by atoms with Crippen LogP contribution in [0, 0.1) is 24.6 Å². The molecule has 2 aliphatic rings. The molecule has 5 rings (SSSR count). The second-order valence-corrected chi connectivity index (χ2v) is 8.65. The topological polar surface area (TPSA) is 87.0 Å². The van der Waals surface area contributed by atoms with Gasteiger partial charge in [-0.25, -0.2) is 18.6 Å². The quantitative estimate of drug-likeness (QED) is 0.608. The van der Waals surface area contributed by atoms with Gasteiger partial charge in [-0.1, -0.05) is 11.6 Å². The Morgan fingerprint density at radius 3 is 2.75 bits per heavy atom. The highest BCUT2D eigenvalue weighted by Crippen LogP contribution is 2.38. The van der Waals surface area contributed by atoms with E-state index in [0.29, 0.717) is 29.4 Å². The molecule has 2 unspecified atom stereocenters. The lowest BCUT2D eigenvalue weighted by Gasteiger charge is -2.36. The Morgan fingerprint density at radius 1 is 1.31 bits per heavy atom. The van der Waals surface area contributed by atoms with Gasteiger partial charge in [-0.15, -0.1) is 5.10 Å². The Labute approximate surface area is 201 Å². The Balaban J connectivity index is 1.65. The van der Waals surface area contributed by atoms with Crippen molar-refractivity contribution in [2.45, 2.75) is 45.5 Å². The molecule has 3 heterocycles. The van der Waals surface area contributed by atoms with Crippen LogP contribution in [-0.4, -0.2) is 43.4 Å². The summed E-state index contributed by atoms with van der Waals surface area (Å²) in [5.74, 6) is 0.116. The smallest absolute Gasteiger partial charge is 0.322 e. The molecule has 1 aliphatic carbocycles. The summed E-state index contributed by atoms with van der Waals surface area (Å²) in [5, 5.41) is 3.93. The summed E-state index contributed by atoms with van der Waals surface area (Å²) < 4.78 is 77.8. The molecule has 32 heavy (non-hydrogen) atoms. The fourth-order valence-corrected chi connectivity index (χ4v) is 4.73. The number of aryl methyl sites for hydroxylation is 1. The second kappa shape index (κ2) is 8.04. The zero-order chi connectivity index (χ0) is 28.5. The van der Waals surface area contributed by atoms with Crippen molar-refractivity contribution in [3.63, 3.8) is 0 Å². The van der Waals surface area contributed by atoms with Crippen molar-refractivity contribution in [3.05, 3.63) is 40.9 Å². The standard InChI is InChI=1S/C22H27ClFN7O/c1-12(2)31-22(32-16-6-7-18(24)17(23)8-16)27-20(28-31)30-13(3)9-26-21(30)29-10-14-4-5-15(11-29)19(14)25/h6-9,12,14-15,19H,4-5,10-11,25H2,1-3H3/i1D3,2D3,12D. The van der Waals surface area contributed by atoms with E-state index in [2.05, 4.69) is 20.0 Å². The first kappa shape index (κ1) is 14.5. The van der Waals surface area contributed by atoms with Crippen LogP contribution in [0.4, 0.5) is 10.3 Å². The van der Waals surface area contributed by atoms with Crippen LogP contribution < -0.4 is 15.4 Å². The van der Waals surface area contributed by atoms with Crippen LogP contribution in [0.5, 0.6) is 11.8 Å². The fourth-order valence-electron chi connectivity index (χ4n) is 4.56. The lowest BCUT2D eigenvalue weighted by molar-refractivity contribution is 0.352. The summed E-state index contributed by atoms with van der Waals surface area (Å²) in [7, 11) is 0. The van der Waals surface area contributed by atoms with Crippen molar-refractivity contribution in [1.29, 1.82) is 0 Å². The number of nitrogens with zero attached hydrogens (tertiary/aromatic N) is 6. The molecule has 1 saturated carbocycles. The number of anilines is 1. The van der Waals surface area contributed by atoms with Gasteiger partial charge < -0.3 is 15.4 Å². The summed E-state index contributed by atoms with van der Waals surface area (Å²) in [5.41, 5.74) is 6.95. The van der Waals surface area contributed by atoms with Gasteiger partial charge in [0, 0.05) is 39.1 Å². The van der Waals surface area contributed by atoms with Gasteiger partial charge in [0.2, 0.25) is 5.95 Å². The molecule has 1 saturated heterocycles. The van der Waals surface area contributed by atoms with Crippen LogP contribution in [0.3, 0.4) is 0 Å². The second-order valence-electron chi connectivity index (χ2n) is 8.25. The van der Waals surface area contributed by atoms with E-state index in [0.717, 1.165) is 25.0 Å². The number of ether oxygens (including phenoxy) is 1. The number of benzene rings is 1. The minimum atomic E-state index is -3.38. The molecule has 170 valence electrons. The molecule has 0 radical (unpaired) electrons. The molecule has 2 fully saturated rings. The Morgan fingerprint density at radius 2 is 2.06 bits per heavy atom. The Hall–Kier alpha value is -2.65. The van der Waals surface area contributed by atoms with Crippen molar-refractivity contribution >= 4 is 17.5 Å². The summed E-state index contributed by atoms with van der Waals surface area (Å²) >= 11 is 5.87. The van der Waals surface area contributed by atoms with Gasteiger partial charge >= 0.3 is 6.01 Å². The maximum absolute atomic E-state index is 13.7. The lowest BCUT2D eigenvalue weighted by Crippen LogP contribution is -2.49. The van der Waals surface area contributed by atoms with Crippen molar-refractivity contribution in [1.82, 2.24) is 24.3 Å². The molecule has 2 N–H and O–H groups in total. The minimum absolute atomic E-state index is 0.0656. The van der Waals surface area contributed by atoms with Crippen LogP contribution in [0.1, 0.15) is 47.9 Å². The molecule has 0 amide bonds. The summed E-state index contributed by atoms with van der Waals surface area (Å²) in [4.78, 5) is 10.9. The predicted molar refractivity (Wildman–Crippen MR) is 120 cm³/mol. The third kappa shape index (κ3) is 3.63. The first-order valence-corrected chi connectivity index (χ1v) is 10.7. The third-order valence-electron chi connectivity index (χ3n) is 6.19. The molecular weight excluding hydrogens is 433 g/mol. The molecule has 10 heteroatoms. The highest BCUT2D eigenvalue weighted by molar-refractivity contribution is 6.30. The van der Waals surface area contributed by atoms with Gasteiger partial charge in [0.15, 0.2) is 0 Å². The van der Waals surface area contributed by atoms with Gasteiger partial charge in [0.1, 0.15) is 11.6 Å². The molecular formula is C22H27ClFN7O. The number of rotatable bonds is 5. The van der Waals surface area contributed by atoms with Crippen molar-refractivity contribution in [2.75, 3.05) is 18.0 Å². The van der Waals surface area contributed by atoms with Crippen LogP contribution in [0.2, 0.25) is 5.02 Å². The van der Waals surface area contributed by atoms with Gasteiger partial charge in [0.25, 0.3) is 5.95 Å². The van der Waals surface area contributed by atoms with Gasteiger partial charge in [-0.2, -0.15) is 4.98 Å². The number of hydrogen-bond donors (Lipinski definition) is 1. The molecule has 2 atom stereocenters. The molecule has 8 nitrogen and oxygen atoms in total. The van der Waals surface area contributed by atoms with Crippen LogP contribution in [-0.2, 0) is 0 Å². The number of piperidine rings is 1. The van der Waals surface area contributed by atoms with Crippen LogP contribution in [0.15, 0.2) is 24.4 Å². The maximum Gasteiger partial charge on any atom is 0.322 e. The van der Waals surface area contributed by atoms with E-state index in [9.17, 15) is 4.39 Å². The van der Waals surface area contributed by atoms with Crippen molar-refractivity contribution in [2.24, 2.45) is 17.6 Å². The highest BCUT2D eigenvalue weighted by Gasteiger charge is 2.41. The van der Waals surface area contributed by atoms with Crippen molar-refractivity contribution < 1.29 is 18.7 Å². The maximum atomic E-state index is 13.7. The Kier molecular flexibility index (Phi) is 3.64. The van der Waals surface area contributed by atoms with E-state index in [1.807, 2.05) is 0 Å². The number of hydrogen-bond acceptors (Lipinski definition) is 6. The number of imidazole rings is 1. The third-order valence-corrected chi connectivity index (χ3v) is 6.48. The zero-order valence-corrected chi connectivity index (χ0v) is 18.1. The molecule has 2 aromatic heterocycles. The normalized spacial score (nSPS) is 27.1. The number of aromatic nitrogens is 5. The van der Waals surface area contributed by atoms with E-state index in [1.54, 1.807) is 17.7 Å². The van der Waals surface area contributed by atoms with Crippen LogP contribution in [0.25, 0.3) is 5.95 Å². The van der Waals surface area contributed by atoms with E-state index >= 15 is 0 Å². The first-order valence-electron chi connectivity index (χ1n) is 13.8. The Bertz CT molecular complexity index is 1360. The van der Waals surface area contributed by atoms with Gasteiger partial charge in [-0.3, -0.25) is 0 Å². The fraction of sp³-hybridized carbons (Fsp3) is 0.500. The SMILES string of the molecule is [2H]C([2H])([2H])C([2H])(n1nc(-n2c(C)cnc2N2CC3CCC(C2)C3N)nc1Oc1ccc(F)c(Cl)c1)C([2H])([2H])[2H]. The molecule has 0 spiro atoms. The summed E-state index contributed by atoms with van der Waals surface area (Å²) in [6.45, 7) is -3.71. The van der Waals surface area contributed by atoms with Gasteiger partial charge in [0.05, 0.1) is 18.6 Å². The van der Waals surface area contributed by atoms with Gasteiger partial charge in [-0.05, 0) is 57.4 Å². The molecule has 1 aliphatic heterocycles. The first-order chi connectivity index (χ1) is 18.1. The van der Waals surface area contributed by atoms with E-state index in [1.165, 1.54) is 6.07 Å². The van der Waals surface area contributed by atoms with Crippen molar-refractivity contribution in [3.8, 4) is 17.7 Å². The average Bonchev–Trinajstić information content (AvgIpc) is 3.46. The highest BCUT2D eigenvalue weighted by atomic mass is 35.5. The number of fused-ring (bicyclic) bond motifs is 2. The van der Waals surface area contributed by atoms with E-state index in [-0.39, 0.29) is 34.6 Å². The largest absolute Gasteiger partial charge is 0.424 e. The summed E-state index contributed by atoms with van der Waals surface area (Å²) in [6, 6.07) is -0.434. The van der Waals surface area contributed by atoms with E-state index < -0.39 is 31.5 Å². The number of halogens is 2. The summed E-state index contributed by atoms with van der Waals surface area (Å²) in [6.07, 6.45) is 3.60. The van der Waals surface area contributed by atoms with E-state index in [4.69, 9.17) is 31.7 Å². The average molecular weight is 467 g/mol. The minimum Gasteiger partial charge on any atom is -0.424 e. The zero-order valence-electron chi connectivity index (χ0n) is 24.3. The predicted octanol–water partition coefficient (Wildman–Crippen LogP) is 4.11. The molecule has 1 aromatic carbocycles.